The van der Waals surface area contributed by atoms with E-state index in [2.05, 4.69) is 74.3 Å². The Hall–Kier alpha value is -1.55. The van der Waals surface area contributed by atoms with Gasteiger partial charge in [-0.2, -0.15) is 0 Å². The second-order valence-electron chi connectivity index (χ2n) is 4.99. The molecule has 0 aliphatic heterocycles. The fraction of sp³-hybridized carbons (Fsp3) is 0.400. The second-order valence-corrected chi connectivity index (χ2v) is 6.23. The smallest absolute Gasteiger partial charge is 0.0900 e. The Balaban J connectivity index is 2.17. The molecule has 0 spiro atoms. The summed E-state index contributed by atoms with van der Waals surface area (Å²) < 4.78 is 0. The molecule has 1 N–H and O–H groups in total. The van der Waals surface area contributed by atoms with E-state index in [1.165, 1.54) is 10.6 Å². The van der Waals surface area contributed by atoms with E-state index in [1.807, 2.05) is 0 Å². The largest absolute Gasteiger partial charge is 0.378 e. The zero-order valence-corrected chi connectivity index (χ0v) is 13.0. The number of nitrogens with zero attached hydrogens (tertiary/aromatic N) is 2. The molecule has 1 atom stereocenters. The maximum atomic E-state index is 4.49. The van der Waals surface area contributed by atoms with Crippen LogP contribution in [0.5, 0.6) is 0 Å². The second kappa shape index (κ2) is 5.61. The van der Waals surface area contributed by atoms with Crippen LogP contribution in [0, 0.1) is 13.8 Å². The van der Waals surface area contributed by atoms with E-state index in [0.29, 0.717) is 0 Å². The van der Waals surface area contributed by atoms with Gasteiger partial charge >= 0.3 is 0 Å². The van der Waals surface area contributed by atoms with Crippen molar-refractivity contribution in [2.45, 2.75) is 26.8 Å². The van der Waals surface area contributed by atoms with Crippen LogP contribution in [-0.2, 0) is 0 Å². The molecule has 0 aliphatic carbocycles. The number of thiazole rings is 1. The molecule has 2 aromatic rings. The van der Waals surface area contributed by atoms with Gasteiger partial charge in [0.1, 0.15) is 0 Å². The molecule has 102 valence electrons. The summed E-state index contributed by atoms with van der Waals surface area (Å²) in [4.78, 5) is 7.91. The zero-order valence-electron chi connectivity index (χ0n) is 12.2. The Morgan fingerprint density at radius 2 is 2.00 bits per heavy atom. The molecule has 19 heavy (non-hydrogen) atoms. The Morgan fingerprint density at radius 1 is 1.26 bits per heavy atom. The molecule has 0 bridgehead atoms. The molecule has 0 saturated heterocycles. The Kier molecular flexibility index (Phi) is 4.10. The summed E-state index contributed by atoms with van der Waals surface area (Å²) >= 11 is 1.77. The van der Waals surface area contributed by atoms with Crippen molar-refractivity contribution in [3.05, 3.63) is 39.8 Å². The minimum atomic E-state index is 0.281. The van der Waals surface area contributed by atoms with Crippen LogP contribution in [0.3, 0.4) is 0 Å². The van der Waals surface area contributed by atoms with Gasteiger partial charge in [0.2, 0.25) is 0 Å². The quantitative estimate of drug-likeness (QED) is 0.914. The van der Waals surface area contributed by atoms with Gasteiger partial charge in [-0.05, 0) is 39.0 Å². The van der Waals surface area contributed by atoms with Crippen molar-refractivity contribution < 1.29 is 0 Å². The van der Waals surface area contributed by atoms with Gasteiger partial charge in [0.15, 0.2) is 0 Å². The van der Waals surface area contributed by atoms with Gasteiger partial charge in [-0.15, -0.1) is 11.3 Å². The molecule has 1 aromatic carbocycles. The van der Waals surface area contributed by atoms with Gasteiger partial charge in [0.05, 0.1) is 16.7 Å². The highest BCUT2D eigenvalue weighted by Crippen LogP contribution is 2.28. The maximum Gasteiger partial charge on any atom is 0.0900 e. The molecule has 0 radical (unpaired) electrons. The zero-order chi connectivity index (χ0) is 14.0. The summed E-state index contributed by atoms with van der Waals surface area (Å²) in [6.07, 6.45) is 0. The van der Waals surface area contributed by atoms with Crippen molar-refractivity contribution in [3.63, 3.8) is 0 Å². The first kappa shape index (κ1) is 13.9. The minimum Gasteiger partial charge on any atom is -0.378 e. The molecule has 0 fully saturated rings. The van der Waals surface area contributed by atoms with Gasteiger partial charge in [-0.1, -0.05) is 6.07 Å². The number of aryl methyl sites for hydroxylation is 2. The number of rotatable bonds is 4. The molecule has 2 rings (SSSR count). The molecule has 4 heteroatoms. The van der Waals surface area contributed by atoms with Gasteiger partial charge in [0, 0.05) is 30.3 Å². The lowest BCUT2D eigenvalue weighted by atomic mass is 10.2. The molecule has 3 nitrogen and oxygen atoms in total. The van der Waals surface area contributed by atoms with Crippen LogP contribution in [0.4, 0.5) is 11.4 Å². The lowest BCUT2D eigenvalue weighted by molar-refractivity contribution is 0.889. The van der Waals surface area contributed by atoms with E-state index >= 15 is 0 Å². The third kappa shape index (κ3) is 3.26. The first-order valence-electron chi connectivity index (χ1n) is 6.45. The van der Waals surface area contributed by atoms with Crippen molar-refractivity contribution >= 4 is 22.7 Å². The average Bonchev–Trinajstić information content (AvgIpc) is 2.69. The van der Waals surface area contributed by atoms with Crippen LogP contribution in [0.15, 0.2) is 24.3 Å². The Morgan fingerprint density at radius 3 is 2.58 bits per heavy atom. The third-order valence-electron chi connectivity index (χ3n) is 3.08. The number of hydrogen-bond donors (Lipinski definition) is 1. The van der Waals surface area contributed by atoms with Crippen LogP contribution in [0.1, 0.15) is 28.5 Å². The van der Waals surface area contributed by atoms with Crippen molar-refractivity contribution in [2.75, 3.05) is 24.3 Å². The van der Waals surface area contributed by atoms with E-state index in [1.54, 1.807) is 11.3 Å². The lowest BCUT2D eigenvalue weighted by Gasteiger charge is -2.17. The monoisotopic (exact) mass is 275 g/mol. The van der Waals surface area contributed by atoms with E-state index < -0.39 is 0 Å². The van der Waals surface area contributed by atoms with Crippen molar-refractivity contribution in [1.82, 2.24) is 4.98 Å². The topological polar surface area (TPSA) is 28.2 Å². The van der Waals surface area contributed by atoms with Crippen LogP contribution in [-0.4, -0.2) is 19.1 Å². The number of anilines is 2. The van der Waals surface area contributed by atoms with Crippen LogP contribution < -0.4 is 10.2 Å². The van der Waals surface area contributed by atoms with Crippen molar-refractivity contribution in [3.8, 4) is 0 Å². The van der Waals surface area contributed by atoms with E-state index in [9.17, 15) is 0 Å². The standard InChI is InChI=1S/C15H21N3S/c1-10-15(19-12(3)16-10)11(2)17-13-7-6-8-14(9-13)18(4)5/h6-9,11,17H,1-5H3. The minimum absolute atomic E-state index is 0.281. The summed E-state index contributed by atoms with van der Waals surface area (Å²) in [5.41, 5.74) is 3.48. The summed E-state index contributed by atoms with van der Waals surface area (Å²) in [6.45, 7) is 6.32. The van der Waals surface area contributed by atoms with Gasteiger partial charge < -0.3 is 10.2 Å². The fourth-order valence-electron chi connectivity index (χ4n) is 2.14. The third-order valence-corrected chi connectivity index (χ3v) is 4.33. The molecular formula is C15H21N3S. The SMILES string of the molecule is Cc1nc(C)c(C(C)Nc2cccc(N(C)C)c2)s1. The molecule has 1 heterocycles. The van der Waals surface area contributed by atoms with E-state index in [0.717, 1.165) is 16.4 Å². The number of benzene rings is 1. The van der Waals surface area contributed by atoms with Gasteiger partial charge in [-0.3, -0.25) is 0 Å². The molecule has 1 unspecified atom stereocenters. The first-order chi connectivity index (χ1) is 8.97. The maximum absolute atomic E-state index is 4.49. The predicted octanol–water partition coefficient (Wildman–Crippen LogP) is 4.00. The highest BCUT2D eigenvalue weighted by molar-refractivity contribution is 7.11. The van der Waals surface area contributed by atoms with Crippen LogP contribution >= 0.6 is 11.3 Å². The molecule has 1 aromatic heterocycles. The molecule has 0 aliphatic rings. The average molecular weight is 275 g/mol. The van der Waals surface area contributed by atoms with Crippen molar-refractivity contribution in [1.29, 1.82) is 0 Å². The fourth-order valence-corrected chi connectivity index (χ4v) is 3.07. The molecule has 0 amide bonds. The van der Waals surface area contributed by atoms with Gasteiger partial charge in [-0.25, -0.2) is 4.98 Å². The normalized spacial score (nSPS) is 12.3. The number of hydrogen-bond acceptors (Lipinski definition) is 4. The molecule has 0 saturated carbocycles. The van der Waals surface area contributed by atoms with Crippen molar-refractivity contribution in [2.24, 2.45) is 0 Å². The highest BCUT2D eigenvalue weighted by Gasteiger charge is 2.12. The number of nitrogens with one attached hydrogen (secondary N) is 1. The summed E-state index contributed by atoms with van der Waals surface area (Å²) in [7, 11) is 4.11. The first-order valence-corrected chi connectivity index (χ1v) is 7.27. The Bertz CT molecular complexity index is 560. The summed E-state index contributed by atoms with van der Waals surface area (Å²) in [5, 5.41) is 4.68. The lowest BCUT2D eigenvalue weighted by Crippen LogP contribution is -2.10. The Labute approximate surface area is 119 Å². The summed E-state index contributed by atoms with van der Waals surface area (Å²) in [5.74, 6) is 0. The number of aromatic nitrogens is 1. The molecular weight excluding hydrogens is 254 g/mol. The van der Waals surface area contributed by atoms with Gasteiger partial charge in [0.25, 0.3) is 0 Å². The predicted molar refractivity (Wildman–Crippen MR) is 84.4 cm³/mol. The van der Waals surface area contributed by atoms with Crippen LogP contribution in [0.25, 0.3) is 0 Å². The van der Waals surface area contributed by atoms with E-state index in [-0.39, 0.29) is 6.04 Å². The summed E-state index contributed by atoms with van der Waals surface area (Å²) in [6, 6.07) is 8.74. The van der Waals surface area contributed by atoms with Crippen LogP contribution in [0.2, 0.25) is 0 Å². The highest BCUT2D eigenvalue weighted by atomic mass is 32.1. The van der Waals surface area contributed by atoms with E-state index in [4.69, 9.17) is 0 Å².